The molecule has 0 aromatic heterocycles. The lowest BCUT2D eigenvalue weighted by Crippen LogP contribution is -2.53. The number of rotatable bonds is 7. The minimum Gasteiger partial charge on any atom is -0.750 e. The summed E-state index contributed by atoms with van der Waals surface area (Å²) in [5.41, 5.74) is 0. The van der Waals surface area contributed by atoms with Crippen LogP contribution in [0.2, 0.25) is 0 Å². The molecule has 3 N–H and O–H groups in total. The molecule has 0 bridgehead atoms. The van der Waals surface area contributed by atoms with Gasteiger partial charge in [0.25, 0.3) is 0 Å². The first-order valence-electron chi connectivity index (χ1n) is 5.21. The molecule has 21 heavy (non-hydrogen) atoms. The van der Waals surface area contributed by atoms with Crippen LogP contribution in [0, 0.1) is 0 Å². The van der Waals surface area contributed by atoms with Gasteiger partial charge in [-0.2, -0.15) is 21.6 Å². The summed E-state index contributed by atoms with van der Waals surface area (Å²) in [7, 11) is -9.32. The Morgan fingerprint density at radius 1 is 1.33 bits per heavy atom. The molecule has 0 aromatic rings. The van der Waals surface area contributed by atoms with Crippen LogP contribution >= 0.6 is 0 Å². The lowest BCUT2D eigenvalue weighted by atomic mass is 10.0. The second-order valence-electron chi connectivity index (χ2n) is 3.94. The van der Waals surface area contributed by atoms with Gasteiger partial charge in [-0.05, 0) is 0 Å². The van der Waals surface area contributed by atoms with Gasteiger partial charge in [-0.15, -0.1) is 0 Å². The summed E-state index contributed by atoms with van der Waals surface area (Å²) in [5.74, 6) is 0. The van der Waals surface area contributed by atoms with Crippen LogP contribution < -0.4 is 4.72 Å². The molecule has 126 valence electrons. The molecule has 1 aliphatic heterocycles. The molecule has 1 heterocycles. The molecule has 1 saturated heterocycles. The SMILES string of the molecule is O=S([O-])O[C@@H]1CC(COS(=O)(=O)O)OCC1NS(=O)(=O)O. The van der Waals surface area contributed by atoms with Crippen molar-refractivity contribution in [2.24, 2.45) is 0 Å². The van der Waals surface area contributed by atoms with Crippen molar-refractivity contribution >= 4 is 32.1 Å². The first-order valence-corrected chi connectivity index (χ1v) is 9.01. The van der Waals surface area contributed by atoms with Crippen LogP contribution in [0.4, 0.5) is 0 Å². The minimum absolute atomic E-state index is 0.267. The quantitative estimate of drug-likeness (QED) is 0.318. The van der Waals surface area contributed by atoms with E-state index in [4.69, 9.17) is 13.8 Å². The van der Waals surface area contributed by atoms with Gasteiger partial charge in [-0.25, -0.2) is 8.39 Å². The molecule has 15 heteroatoms. The van der Waals surface area contributed by atoms with E-state index in [0.29, 0.717) is 0 Å². The van der Waals surface area contributed by atoms with Crippen molar-refractivity contribution in [3.8, 4) is 0 Å². The van der Waals surface area contributed by atoms with Crippen molar-refractivity contribution in [1.82, 2.24) is 4.72 Å². The van der Waals surface area contributed by atoms with Crippen LogP contribution in [0.5, 0.6) is 0 Å². The van der Waals surface area contributed by atoms with Gasteiger partial charge in [0.15, 0.2) is 0 Å². The third kappa shape index (κ3) is 8.10. The first kappa shape index (κ1) is 18.8. The molecule has 4 atom stereocenters. The fourth-order valence-corrected chi connectivity index (χ4v) is 2.97. The Hall–Kier alpha value is -0.230. The Labute approximate surface area is 123 Å². The van der Waals surface area contributed by atoms with Crippen molar-refractivity contribution < 1.29 is 47.8 Å². The van der Waals surface area contributed by atoms with E-state index in [9.17, 15) is 25.6 Å². The fraction of sp³-hybridized carbons (Fsp3) is 1.00. The van der Waals surface area contributed by atoms with Gasteiger partial charge in [-0.1, -0.05) is 0 Å². The van der Waals surface area contributed by atoms with E-state index in [-0.39, 0.29) is 6.42 Å². The number of hydrogen-bond acceptors (Lipinski definition) is 9. The highest BCUT2D eigenvalue weighted by Crippen LogP contribution is 2.19. The molecule has 1 fully saturated rings. The Morgan fingerprint density at radius 3 is 2.43 bits per heavy atom. The topological polar surface area (TPSA) is 189 Å². The average molecular weight is 370 g/mol. The predicted octanol–water partition coefficient (Wildman–Crippen LogP) is -2.46. The number of ether oxygens (including phenoxy) is 1. The van der Waals surface area contributed by atoms with Gasteiger partial charge in [0.05, 0.1) is 42.8 Å². The largest absolute Gasteiger partial charge is 0.750 e. The van der Waals surface area contributed by atoms with Crippen molar-refractivity contribution in [2.45, 2.75) is 24.7 Å². The van der Waals surface area contributed by atoms with Gasteiger partial charge in [0.1, 0.15) is 0 Å². The molecular weight excluding hydrogens is 358 g/mol. The minimum atomic E-state index is -4.70. The Morgan fingerprint density at radius 2 is 1.95 bits per heavy atom. The number of hydrogen-bond donors (Lipinski definition) is 3. The molecule has 0 aromatic carbocycles. The standard InChI is InChI=1S/C6H13NO11S3/c8-19(9)18-6-1-4(2-17-21(13,14)15)16-3-5(6)7-20(10,11)12/h4-7H,1-3H2,(H,8,9)(H,10,11,12)(H,13,14,15)/p-1/t4?,5?,6-/m1/s1. The summed E-state index contributed by atoms with van der Waals surface area (Å²) in [4.78, 5) is 0. The molecule has 1 rings (SSSR count). The van der Waals surface area contributed by atoms with Crippen LogP contribution in [0.1, 0.15) is 6.42 Å². The molecule has 3 unspecified atom stereocenters. The van der Waals surface area contributed by atoms with E-state index in [0.717, 1.165) is 0 Å². The zero-order chi connectivity index (χ0) is 16.3. The van der Waals surface area contributed by atoms with Gasteiger partial charge < -0.3 is 9.29 Å². The maximum absolute atomic E-state index is 10.7. The van der Waals surface area contributed by atoms with Crippen LogP contribution in [-0.4, -0.2) is 66.2 Å². The molecule has 0 radical (unpaired) electrons. The van der Waals surface area contributed by atoms with E-state index in [1.165, 1.54) is 0 Å². The van der Waals surface area contributed by atoms with Gasteiger partial charge >= 0.3 is 20.7 Å². The normalized spacial score (nSPS) is 29.2. The third-order valence-corrected chi connectivity index (χ3v) is 3.80. The summed E-state index contributed by atoms with van der Waals surface area (Å²) in [6.45, 7) is -1.04. The van der Waals surface area contributed by atoms with Crippen molar-refractivity contribution in [3.05, 3.63) is 0 Å². The smallest absolute Gasteiger partial charge is 0.397 e. The molecule has 0 spiro atoms. The second kappa shape index (κ2) is 7.36. The first-order chi connectivity index (χ1) is 9.46. The summed E-state index contributed by atoms with van der Waals surface area (Å²) in [6.07, 6.45) is -2.50. The molecule has 0 aliphatic carbocycles. The maximum Gasteiger partial charge on any atom is 0.397 e. The zero-order valence-electron chi connectivity index (χ0n) is 10.1. The van der Waals surface area contributed by atoms with E-state index in [1.807, 2.05) is 0 Å². The predicted molar refractivity (Wildman–Crippen MR) is 64.1 cm³/mol. The van der Waals surface area contributed by atoms with Gasteiger partial charge in [0, 0.05) is 6.42 Å². The summed E-state index contributed by atoms with van der Waals surface area (Å²) in [5, 5.41) is 0. The molecular formula is C6H12NO11S3-. The van der Waals surface area contributed by atoms with Crippen molar-refractivity contribution in [2.75, 3.05) is 13.2 Å². The third-order valence-electron chi connectivity index (χ3n) is 2.36. The highest BCUT2D eigenvalue weighted by Gasteiger charge is 2.35. The average Bonchev–Trinajstić information content (AvgIpc) is 2.26. The van der Waals surface area contributed by atoms with Crippen LogP contribution in [-0.2, 0) is 45.2 Å². The van der Waals surface area contributed by atoms with Crippen LogP contribution in [0.15, 0.2) is 0 Å². The van der Waals surface area contributed by atoms with Crippen molar-refractivity contribution in [1.29, 1.82) is 0 Å². The summed E-state index contributed by atoms with van der Waals surface area (Å²) < 4.78 is 95.6. The summed E-state index contributed by atoms with van der Waals surface area (Å²) >= 11 is -2.98. The molecule has 12 nitrogen and oxygen atoms in total. The van der Waals surface area contributed by atoms with E-state index < -0.39 is 63.5 Å². The molecule has 1 aliphatic rings. The summed E-state index contributed by atoms with van der Waals surface area (Å²) in [6, 6.07) is -1.21. The Bertz CT molecular complexity index is 571. The zero-order valence-corrected chi connectivity index (χ0v) is 12.6. The monoisotopic (exact) mass is 370 g/mol. The van der Waals surface area contributed by atoms with Crippen LogP contribution in [0.3, 0.4) is 0 Å². The highest BCUT2D eigenvalue weighted by molar-refractivity contribution is 7.83. The van der Waals surface area contributed by atoms with Crippen molar-refractivity contribution in [3.63, 3.8) is 0 Å². The lowest BCUT2D eigenvalue weighted by Gasteiger charge is -2.35. The fourth-order valence-electron chi connectivity index (χ4n) is 1.62. The number of nitrogens with one attached hydrogen (secondary N) is 1. The van der Waals surface area contributed by atoms with E-state index >= 15 is 0 Å². The molecule has 0 saturated carbocycles. The lowest BCUT2D eigenvalue weighted by molar-refractivity contribution is -0.0672. The van der Waals surface area contributed by atoms with E-state index in [1.54, 1.807) is 4.72 Å². The molecule has 0 amide bonds. The highest BCUT2D eigenvalue weighted by atomic mass is 32.3. The van der Waals surface area contributed by atoms with Crippen LogP contribution in [0.25, 0.3) is 0 Å². The maximum atomic E-state index is 10.7. The van der Waals surface area contributed by atoms with Gasteiger partial charge in [0.2, 0.25) is 0 Å². The Balaban J connectivity index is 2.69. The second-order valence-corrected chi connectivity index (χ2v) is 6.82. The van der Waals surface area contributed by atoms with Gasteiger partial charge in [-0.3, -0.25) is 13.3 Å². The van der Waals surface area contributed by atoms with E-state index in [2.05, 4.69) is 8.37 Å². The Kier molecular flexibility index (Phi) is 6.59.